The first kappa shape index (κ1) is 41.3. The molecule has 0 saturated heterocycles. The van der Waals surface area contributed by atoms with Gasteiger partial charge in [0.2, 0.25) is 11.8 Å². The predicted octanol–water partition coefficient (Wildman–Crippen LogP) is 10.7. The minimum atomic E-state index is -1.14. The summed E-state index contributed by atoms with van der Waals surface area (Å²) in [6.45, 7) is 17.9. The predicted molar refractivity (Wildman–Crippen MR) is 204 cm³/mol. The summed E-state index contributed by atoms with van der Waals surface area (Å²) in [6, 6.07) is 16.8. The number of alkyl halides is 1. The van der Waals surface area contributed by atoms with Gasteiger partial charge in [-0.25, -0.2) is 14.8 Å². The molecule has 1 aliphatic carbocycles. The number of hydrogen-bond acceptors (Lipinski definition) is 8. The lowest BCUT2D eigenvalue weighted by atomic mass is 9.82. The highest BCUT2D eigenvalue weighted by Crippen LogP contribution is 2.31. The Kier molecular flexibility index (Phi) is 15.5. The molecule has 0 radical (unpaired) electrons. The lowest BCUT2D eigenvalue weighted by molar-refractivity contribution is -0.163. The molecule has 1 fully saturated rings. The van der Waals surface area contributed by atoms with E-state index in [1.54, 1.807) is 13.8 Å². The van der Waals surface area contributed by atoms with Crippen LogP contribution in [0.3, 0.4) is 0 Å². The molecule has 0 bridgehead atoms. The van der Waals surface area contributed by atoms with Gasteiger partial charge in [0.25, 0.3) is 0 Å². The maximum absolute atomic E-state index is 11.3. The molecule has 1 N–H and O–H groups in total. The van der Waals surface area contributed by atoms with Crippen molar-refractivity contribution in [2.75, 3.05) is 19.3 Å². The van der Waals surface area contributed by atoms with Gasteiger partial charge in [0.05, 0.1) is 19.8 Å². The number of halogens is 1. The number of carboxylic acids is 1. The molecule has 4 aromatic rings. The van der Waals surface area contributed by atoms with Gasteiger partial charge < -0.3 is 28.2 Å². The molecule has 2 atom stereocenters. The molecule has 9 nitrogen and oxygen atoms in total. The summed E-state index contributed by atoms with van der Waals surface area (Å²) >= 11 is 5.49. The highest BCUT2D eigenvalue weighted by atomic mass is 35.5. The lowest BCUT2D eigenvalue weighted by Crippen LogP contribution is -2.37. The second kappa shape index (κ2) is 19.5. The number of carbonyl (C=O) groups is 1. The molecule has 0 spiro atoms. The van der Waals surface area contributed by atoms with Crippen LogP contribution in [0.4, 0.5) is 0 Å². The monoisotopic (exact) mass is 736 g/mol. The van der Waals surface area contributed by atoms with E-state index in [1.807, 2.05) is 19.1 Å². The third-order valence-corrected chi connectivity index (χ3v) is 9.79. The summed E-state index contributed by atoms with van der Waals surface area (Å²) in [4.78, 5) is 20.4. The van der Waals surface area contributed by atoms with Gasteiger partial charge in [0, 0.05) is 24.2 Å². The molecule has 10 heteroatoms. The molecule has 284 valence electrons. The molecule has 0 unspecified atom stereocenters. The van der Waals surface area contributed by atoms with E-state index in [4.69, 9.17) is 39.6 Å². The fraction of sp³-hybridized carbons (Fsp3) is 0.548. The highest BCUT2D eigenvalue weighted by molar-refractivity contribution is 6.17. The lowest BCUT2D eigenvalue weighted by Gasteiger charge is -2.31. The quantitative estimate of drug-likeness (QED) is 0.112. The van der Waals surface area contributed by atoms with Crippen molar-refractivity contribution in [1.82, 2.24) is 9.97 Å². The van der Waals surface area contributed by atoms with Gasteiger partial charge in [-0.05, 0) is 99.1 Å². The van der Waals surface area contributed by atoms with Crippen LogP contribution in [0.25, 0.3) is 22.9 Å². The van der Waals surface area contributed by atoms with Gasteiger partial charge in [0.1, 0.15) is 29.0 Å². The Morgan fingerprint density at radius 1 is 0.846 bits per heavy atom. The number of hydrogen-bond donors (Lipinski definition) is 1. The topological polar surface area (TPSA) is 117 Å². The Labute approximate surface area is 314 Å². The maximum atomic E-state index is 11.3. The Bertz CT molecular complexity index is 1680. The largest absolute Gasteiger partial charge is 0.479 e. The van der Waals surface area contributed by atoms with E-state index in [1.165, 1.54) is 11.1 Å². The molecule has 0 aliphatic heterocycles. The summed E-state index contributed by atoms with van der Waals surface area (Å²) in [5.41, 5.74) is 5.09. The van der Waals surface area contributed by atoms with Gasteiger partial charge in [-0.1, -0.05) is 76.9 Å². The zero-order valence-electron chi connectivity index (χ0n) is 32.2. The summed E-state index contributed by atoms with van der Waals surface area (Å²) < 4.78 is 28.6. The Morgan fingerprint density at radius 2 is 1.37 bits per heavy atom. The molecule has 5 rings (SSSR count). The Morgan fingerprint density at radius 3 is 1.88 bits per heavy atom. The van der Waals surface area contributed by atoms with Crippen LogP contribution >= 0.6 is 11.6 Å². The molecular formula is C42H57ClN2O7. The summed E-state index contributed by atoms with van der Waals surface area (Å²) in [5, 5.41) is 9.24. The van der Waals surface area contributed by atoms with Gasteiger partial charge in [-0.15, -0.1) is 0 Å². The van der Waals surface area contributed by atoms with Crippen LogP contribution in [0.5, 0.6) is 0 Å². The van der Waals surface area contributed by atoms with Crippen molar-refractivity contribution in [3.8, 4) is 22.9 Å². The number of aryl methyl sites for hydroxylation is 2. The summed E-state index contributed by atoms with van der Waals surface area (Å²) in [7, 11) is 0. The van der Waals surface area contributed by atoms with Crippen molar-refractivity contribution in [2.45, 2.75) is 118 Å². The van der Waals surface area contributed by atoms with Crippen LogP contribution in [0.1, 0.15) is 120 Å². The maximum Gasteiger partial charge on any atom is 0.335 e. The van der Waals surface area contributed by atoms with Crippen LogP contribution in [-0.4, -0.2) is 45.9 Å². The van der Waals surface area contributed by atoms with Crippen molar-refractivity contribution >= 4 is 17.6 Å². The van der Waals surface area contributed by atoms with Gasteiger partial charge in [-0.2, -0.15) is 0 Å². The fourth-order valence-corrected chi connectivity index (χ4v) is 6.23. The SMILES string of the molecule is CCc1oc(-c2ccc(C(C)C)cc2)nc1COC[C@@H]1CCC[C@H](COC(C)(C)C(=O)O)C1.Cc1oc(-c2ccc(C(C)C)cc2)nc1COCCl. The molecule has 2 aromatic heterocycles. The van der Waals surface area contributed by atoms with Gasteiger partial charge in [0.15, 0.2) is 5.60 Å². The summed E-state index contributed by atoms with van der Waals surface area (Å²) in [5.74, 6) is 3.86. The van der Waals surface area contributed by atoms with Crippen LogP contribution < -0.4 is 0 Å². The van der Waals surface area contributed by atoms with Crippen LogP contribution in [0.2, 0.25) is 0 Å². The minimum Gasteiger partial charge on any atom is -0.479 e. The van der Waals surface area contributed by atoms with E-state index in [2.05, 4.69) is 76.0 Å². The molecule has 2 heterocycles. The smallest absolute Gasteiger partial charge is 0.335 e. The van der Waals surface area contributed by atoms with Crippen molar-refractivity contribution in [3.63, 3.8) is 0 Å². The van der Waals surface area contributed by atoms with E-state index in [0.29, 0.717) is 61.9 Å². The van der Waals surface area contributed by atoms with Crippen molar-refractivity contribution in [3.05, 3.63) is 82.6 Å². The summed E-state index contributed by atoms with van der Waals surface area (Å²) in [6.07, 6.45) is 5.11. The first-order valence-corrected chi connectivity index (χ1v) is 19.1. The van der Waals surface area contributed by atoms with E-state index in [0.717, 1.165) is 66.1 Å². The zero-order valence-corrected chi connectivity index (χ0v) is 32.9. The van der Waals surface area contributed by atoms with E-state index in [-0.39, 0.29) is 6.07 Å². The number of carboxylic acid groups (broad SMARTS) is 1. The minimum absolute atomic E-state index is 0.157. The van der Waals surface area contributed by atoms with Crippen LogP contribution in [0.15, 0.2) is 57.4 Å². The number of aromatic nitrogens is 2. The number of benzene rings is 2. The standard InChI is InChI=1S/C27H39NO5.C15H18ClNO2/c1-6-24-23(28-25(33-24)22-12-10-21(11-13-22)18(2)3)17-31-15-19-8-7-9-20(14-19)16-32-27(4,5)26(29)30;1-10(2)12-4-6-13(7-5-12)15-17-14(8-18-9-16)11(3)19-15/h10-13,18-20H,6-9,14-17H2,1-5H3,(H,29,30);4-7,10H,8-9H2,1-3H3/t19-,20+;/m1./s1. The number of aliphatic carboxylic acids is 1. The average Bonchev–Trinajstić information content (AvgIpc) is 3.73. The second-order valence-corrected chi connectivity index (χ2v) is 15.0. The van der Waals surface area contributed by atoms with Crippen molar-refractivity contribution < 1.29 is 32.9 Å². The van der Waals surface area contributed by atoms with Gasteiger partial charge in [-0.3, -0.25) is 0 Å². The van der Waals surface area contributed by atoms with E-state index >= 15 is 0 Å². The van der Waals surface area contributed by atoms with E-state index < -0.39 is 11.6 Å². The Balaban J connectivity index is 0.000000269. The van der Waals surface area contributed by atoms with Crippen LogP contribution in [0, 0.1) is 18.8 Å². The van der Waals surface area contributed by atoms with Gasteiger partial charge >= 0.3 is 5.97 Å². The molecule has 1 saturated carbocycles. The van der Waals surface area contributed by atoms with Crippen LogP contribution in [-0.2, 0) is 38.6 Å². The van der Waals surface area contributed by atoms with Crippen molar-refractivity contribution in [2.24, 2.45) is 11.8 Å². The molecular weight excluding hydrogens is 680 g/mol. The Hall–Kier alpha value is -3.50. The first-order chi connectivity index (χ1) is 24.8. The number of nitrogens with zero attached hydrogens (tertiary/aromatic N) is 2. The normalized spacial score (nSPS) is 16.3. The molecule has 52 heavy (non-hydrogen) atoms. The second-order valence-electron chi connectivity index (χ2n) is 14.8. The third-order valence-electron chi connectivity index (χ3n) is 9.64. The number of ether oxygens (including phenoxy) is 3. The molecule has 0 amide bonds. The fourth-order valence-electron chi connectivity index (χ4n) is 6.15. The third kappa shape index (κ3) is 11.8. The number of oxazole rings is 2. The average molecular weight is 737 g/mol. The number of rotatable bonds is 16. The molecule has 2 aromatic carbocycles. The highest BCUT2D eigenvalue weighted by Gasteiger charge is 2.31. The first-order valence-electron chi connectivity index (χ1n) is 18.6. The molecule has 1 aliphatic rings. The zero-order chi connectivity index (χ0) is 37.8. The van der Waals surface area contributed by atoms with E-state index in [9.17, 15) is 9.90 Å². The van der Waals surface area contributed by atoms with Crippen molar-refractivity contribution in [1.29, 1.82) is 0 Å².